The van der Waals surface area contributed by atoms with Gasteiger partial charge in [-0.05, 0) is 30.7 Å². The minimum Gasteiger partial charge on any atom is -0.491 e. The highest BCUT2D eigenvalue weighted by atomic mass is 16.5. The Morgan fingerprint density at radius 2 is 2.00 bits per heavy atom. The Morgan fingerprint density at radius 3 is 2.82 bits per heavy atom. The first-order chi connectivity index (χ1) is 13.6. The van der Waals surface area contributed by atoms with E-state index in [1.54, 1.807) is 31.4 Å². The molecule has 0 radical (unpaired) electrons. The zero-order valence-corrected chi connectivity index (χ0v) is 16.0. The molecule has 0 aliphatic carbocycles. The van der Waals surface area contributed by atoms with Crippen molar-refractivity contribution in [3.63, 3.8) is 0 Å². The van der Waals surface area contributed by atoms with Gasteiger partial charge in [0.25, 0.3) is 5.56 Å². The number of amides is 1. The zero-order valence-electron chi connectivity index (χ0n) is 16.0. The fraction of sp³-hybridized carbons (Fsp3) is 0.286. The van der Waals surface area contributed by atoms with Crippen molar-refractivity contribution in [2.45, 2.75) is 19.9 Å². The third-order valence-electron chi connectivity index (χ3n) is 4.31. The van der Waals surface area contributed by atoms with E-state index < -0.39 is 0 Å². The highest BCUT2D eigenvalue weighted by molar-refractivity contribution is 5.90. The lowest BCUT2D eigenvalue weighted by atomic mass is 10.1. The van der Waals surface area contributed by atoms with Gasteiger partial charge in [0.1, 0.15) is 12.4 Å². The van der Waals surface area contributed by atoms with Crippen LogP contribution in [0.3, 0.4) is 0 Å². The minimum absolute atomic E-state index is 0.143. The Bertz CT molecular complexity index is 1030. The largest absolute Gasteiger partial charge is 0.491 e. The third kappa shape index (κ3) is 4.75. The van der Waals surface area contributed by atoms with Gasteiger partial charge in [-0.2, -0.15) is 0 Å². The van der Waals surface area contributed by atoms with Gasteiger partial charge in [-0.15, -0.1) is 0 Å². The molecule has 28 heavy (non-hydrogen) atoms. The van der Waals surface area contributed by atoms with Crippen LogP contribution in [-0.4, -0.2) is 35.8 Å². The fourth-order valence-corrected chi connectivity index (χ4v) is 2.85. The van der Waals surface area contributed by atoms with Crippen molar-refractivity contribution in [2.24, 2.45) is 0 Å². The number of rotatable bonds is 8. The van der Waals surface area contributed by atoms with Crippen molar-refractivity contribution < 1.29 is 14.3 Å². The zero-order chi connectivity index (χ0) is 19.9. The summed E-state index contributed by atoms with van der Waals surface area (Å²) in [6.07, 6.45) is 1.66. The lowest BCUT2D eigenvalue weighted by molar-refractivity contribution is -0.116. The number of anilines is 1. The van der Waals surface area contributed by atoms with Gasteiger partial charge >= 0.3 is 0 Å². The number of fused-ring (bicyclic) bond motifs is 1. The van der Waals surface area contributed by atoms with Gasteiger partial charge in [0.05, 0.1) is 23.8 Å². The summed E-state index contributed by atoms with van der Waals surface area (Å²) in [6.45, 7) is 3.10. The van der Waals surface area contributed by atoms with Gasteiger partial charge < -0.3 is 14.8 Å². The molecule has 0 fully saturated rings. The maximum absolute atomic E-state index is 12.6. The van der Waals surface area contributed by atoms with E-state index in [0.717, 1.165) is 5.56 Å². The molecule has 7 heteroatoms. The second kappa shape index (κ2) is 9.14. The number of aryl methyl sites for hydroxylation is 2. The van der Waals surface area contributed by atoms with Crippen LogP contribution in [0, 0.1) is 6.92 Å². The van der Waals surface area contributed by atoms with E-state index in [-0.39, 0.29) is 24.4 Å². The van der Waals surface area contributed by atoms with E-state index in [2.05, 4.69) is 10.3 Å². The van der Waals surface area contributed by atoms with Crippen molar-refractivity contribution in [3.8, 4) is 5.75 Å². The van der Waals surface area contributed by atoms with Gasteiger partial charge in [0.2, 0.25) is 5.91 Å². The molecule has 3 rings (SSSR count). The van der Waals surface area contributed by atoms with Crippen LogP contribution in [0.5, 0.6) is 5.75 Å². The van der Waals surface area contributed by atoms with E-state index in [1.165, 1.54) is 10.9 Å². The van der Waals surface area contributed by atoms with Crippen LogP contribution in [0.15, 0.2) is 53.6 Å². The Balaban J connectivity index is 1.62. The summed E-state index contributed by atoms with van der Waals surface area (Å²) in [5.74, 6) is 0.463. The molecule has 1 amide bonds. The number of para-hydroxylation sites is 1. The average molecular weight is 381 g/mol. The third-order valence-corrected chi connectivity index (χ3v) is 4.31. The number of ether oxygens (including phenoxy) is 2. The first-order valence-electron chi connectivity index (χ1n) is 9.05. The number of nitrogens with zero attached hydrogens (tertiary/aromatic N) is 2. The predicted octanol–water partition coefficient (Wildman–Crippen LogP) is 2.76. The van der Waals surface area contributed by atoms with Crippen LogP contribution in [0.4, 0.5) is 5.69 Å². The smallest absolute Gasteiger partial charge is 0.261 e. The number of methoxy groups -OCH3 is 1. The van der Waals surface area contributed by atoms with Crippen LogP contribution in [0.1, 0.15) is 12.0 Å². The molecular formula is C21H23N3O4. The van der Waals surface area contributed by atoms with E-state index >= 15 is 0 Å². The first-order valence-corrected chi connectivity index (χ1v) is 9.05. The van der Waals surface area contributed by atoms with Crippen LogP contribution >= 0.6 is 0 Å². The average Bonchev–Trinajstić information content (AvgIpc) is 2.69. The van der Waals surface area contributed by atoms with Crippen LogP contribution in [0.2, 0.25) is 0 Å². The lowest BCUT2D eigenvalue weighted by Crippen LogP contribution is -2.23. The molecular weight excluding hydrogens is 358 g/mol. The van der Waals surface area contributed by atoms with Crippen LogP contribution < -0.4 is 15.6 Å². The van der Waals surface area contributed by atoms with E-state index in [0.29, 0.717) is 35.6 Å². The molecule has 2 aromatic carbocycles. The Kier molecular flexibility index (Phi) is 6.39. The number of nitrogens with one attached hydrogen (secondary N) is 1. The monoisotopic (exact) mass is 381 g/mol. The number of carbonyl (C=O) groups excluding carboxylic acids is 1. The number of benzene rings is 2. The van der Waals surface area contributed by atoms with Crippen molar-refractivity contribution in [2.75, 3.05) is 25.6 Å². The quantitative estimate of drug-likeness (QED) is 0.607. The maximum Gasteiger partial charge on any atom is 0.261 e. The summed E-state index contributed by atoms with van der Waals surface area (Å²) >= 11 is 0. The van der Waals surface area contributed by atoms with Crippen molar-refractivity contribution in [1.29, 1.82) is 0 Å². The van der Waals surface area contributed by atoms with Gasteiger partial charge in [0, 0.05) is 31.8 Å². The maximum atomic E-state index is 12.6. The molecule has 0 aliphatic heterocycles. The normalized spacial score (nSPS) is 10.8. The van der Waals surface area contributed by atoms with E-state index in [4.69, 9.17) is 9.47 Å². The lowest BCUT2D eigenvalue weighted by Gasteiger charge is -2.10. The summed E-state index contributed by atoms with van der Waals surface area (Å²) in [6, 6.07) is 12.7. The molecule has 1 N–H and O–H groups in total. The number of hydrogen-bond donors (Lipinski definition) is 1. The number of carbonyl (C=O) groups is 1. The second-order valence-corrected chi connectivity index (χ2v) is 6.38. The van der Waals surface area contributed by atoms with Crippen LogP contribution in [-0.2, 0) is 16.1 Å². The van der Waals surface area contributed by atoms with Gasteiger partial charge in [-0.1, -0.05) is 18.2 Å². The van der Waals surface area contributed by atoms with Gasteiger partial charge in [-0.3, -0.25) is 14.2 Å². The topological polar surface area (TPSA) is 82.4 Å². The predicted molar refractivity (Wildman–Crippen MR) is 108 cm³/mol. The molecule has 1 heterocycles. The first kappa shape index (κ1) is 19.6. The summed E-state index contributed by atoms with van der Waals surface area (Å²) in [7, 11) is 1.61. The Hall–Kier alpha value is -3.19. The molecule has 0 atom stereocenters. The summed E-state index contributed by atoms with van der Waals surface area (Å²) in [5, 5.41) is 3.38. The standard InChI is InChI=1S/C21H23N3O4/c1-15-5-3-8-18-20(15)22-14-24(21(18)26)10-9-19(25)23-16-6-4-7-17(13-16)28-12-11-27-2/h3-8,13-14H,9-12H2,1-2H3,(H,23,25). The Labute approximate surface area is 162 Å². The van der Waals surface area contributed by atoms with Crippen molar-refractivity contribution in [3.05, 3.63) is 64.7 Å². The molecule has 0 spiro atoms. The van der Waals surface area contributed by atoms with Gasteiger partial charge in [-0.25, -0.2) is 4.98 Å². The highest BCUT2D eigenvalue weighted by Crippen LogP contribution is 2.17. The second-order valence-electron chi connectivity index (χ2n) is 6.38. The molecule has 0 aliphatic rings. The summed E-state index contributed by atoms with van der Waals surface area (Å²) < 4.78 is 11.9. The van der Waals surface area contributed by atoms with Crippen LogP contribution in [0.25, 0.3) is 10.9 Å². The SMILES string of the molecule is COCCOc1cccc(NC(=O)CCn2cnc3c(C)cccc3c2=O)c1. The summed E-state index contributed by atoms with van der Waals surface area (Å²) in [4.78, 5) is 29.2. The molecule has 0 saturated carbocycles. The fourth-order valence-electron chi connectivity index (χ4n) is 2.85. The van der Waals surface area contributed by atoms with E-state index in [1.807, 2.05) is 25.1 Å². The minimum atomic E-state index is -0.190. The number of hydrogen-bond acceptors (Lipinski definition) is 5. The molecule has 0 unspecified atom stereocenters. The Morgan fingerprint density at radius 1 is 1.18 bits per heavy atom. The van der Waals surface area contributed by atoms with E-state index in [9.17, 15) is 9.59 Å². The van der Waals surface area contributed by atoms with Crippen molar-refractivity contribution >= 4 is 22.5 Å². The summed E-state index contributed by atoms with van der Waals surface area (Å²) in [5.41, 5.74) is 2.14. The molecule has 0 bridgehead atoms. The molecule has 7 nitrogen and oxygen atoms in total. The van der Waals surface area contributed by atoms with Gasteiger partial charge in [0.15, 0.2) is 0 Å². The molecule has 1 aromatic heterocycles. The number of aromatic nitrogens is 2. The molecule has 3 aromatic rings. The molecule has 0 saturated heterocycles. The molecule has 146 valence electrons. The van der Waals surface area contributed by atoms with Crippen molar-refractivity contribution in [1.82, 2.24) is 9.55 Å². The highest BCUT2D eigenvalue weighted by Gasteiger charge is 2.08.